The van der Waals surface area contributed by atoms with Crippen molar-refractivity contribution in [1.29, 1.82) is 0 Å². The zero-order valence-corrected chi connectivity index (χ0v) is 32.7. The number of nitrogens with one attached hydrogen (secondary N) is 3. The SMILES string of the molecule is CCCCNCCCCNCCCNCCCCOc1cc(OC)c2c(c1)OC1C2C(O)C(C)[C@H]1c1ccccc1.COC=O.COc1ccccc1. The molecule has 0 radical (unpaired) electrons. The van der Waals surface area contributed by atoms with Gasteiger partial charge in [-0.25, -0.2) is 0 Å². The molecule has 5 rings (SSSR count). The van der Waals surface area contributed by atoms with Gasteiger partial charge in [-0.2, -0.15) is 0 Å². The summed E-state index contributed by atoms with van der Waals surface area (Å²) in [6, 6.07) is 24.0. The van der Waals surface area contributed by atoms with E-state index in [9.17, 15) is 5.11 Å². The molecule has 2 aliphatic rings. The molecule has 4 N–H and O–H groups in total. The van der Waals surface area contributed by atoms with Gasteiger partial charge in [0.05, 0.1) is 40.0 Å². The third-order valence-corrected chi connectivity index (χ3v) is 9.72. The molecule has 0 aromatic heterocycles. The van der Waals surface area contributed by atoms with Crippen LogP contribution in [0.2, 0.25) is 0 Å². The summed E-state index contributed by atoms with van der Waals surface area (Å²) in [5.74, 6) is 3.31. The summed E-state index contributed by atoms with van der Waals surface area (Å²) < 4.78 is 27.2. The number of carbonyl (C=O) groups is 1. The van der Waals surface area contributed by atoms with Crippen LogP contribution in [0.25, 0.3) is 0 Å². The first-order valence-electron chi connectivity index (χ1n) is 19.4. The first kappa shape index (κ1) is 43.6. The normalized spacial score (nSPS) is 19.3. The number of hydrogen-bond donors (Lipinski definition) is 4. The smallest absolute Gasteiger partial charge is 0.292 e. The molecule has 53 heavy (non-hydrogen) atoms. The molecule has 0 saturated heterocycles. The van der Waals surface area contributed by atoms with Crippen molar-refractivity contribution < 1.29 is 33.6 Å². The maximum atomic E-state index is 11.2. The molecule has 10 heteroatoms. The monoisotopic (exact) mass is 735 g/mol. The van der Waals surface area contributed by atoms with E-state index in [1.54, 1.807) is 14.2 Å². The van der Waals surface area contributed by atoms with Crippen LogP contribution in [0.4, 0.5) is 0 Å². The molecular weight excluding hydrogens is 670 g/mol. The number of benzene rings is 3. The fourth-order valence-corrected chi connectivity index (χ4v) is 6.92. The number of unbranched alkanes of at least 4 members (excludes halogenated alkanes) is 3. The second kappa shape index (κ2) is 26.0. The molecule has 3 aromatic rings. The first-order chi connectivity index (χ1) is 26.0. The molecule has 1 aliphatic heterocycles. The lowest BCUT2D eigenvalue weighted by atomic mass is 9.88. The largest absolute Gasteiger partial charge is 0.497 e. The van der Waals surface area contributed by atoms with Crippen LogP contribution in [0.1, 0.15) is 81.8 Å². The van der Waals surface area contributed by atoms with Gasteiger partial charge in [0.15, 0.2) is 0 Å². The Morgan fingerprint density at radius 1 is 0.717 bits per heavy atom. The Hall–Kier alpha value is -3.83. The van der Waals surface area contributed by atoms with Gasteiger partial charge in [-0.3, -0.25) is 4.79 Å². The minimum atomic E-state index is -0.488. The molecule has 1 fully saturated rings. The highest BCUT2D eigenvalue weighted by atomic mass is 16.5. The first-order valence-corrected chi connectivity index (χ1v) is 19.4. The van der Waals surface area contributed by atoms with Crippen LogP contribution in [-0.4, -0.2) is 91.0 Å². The number of ether oxygens (including phenoxy) is 5. The van der Waals surface area contributed by atoms with Crippen molar-refractivity contribution in [3.8, 4) is 23.0 Å². The molecule has 0 bridgehead atoms. The van der Waals surface area contributed by atoms with Crippen LogP contribution < -0.4 is 34.9 Å². The van der Waals surface area contributed by atoms with E-state index < -0.39 is 6.10 Å². The van der Waals surface area contributed by atoms with Crippen LogP contribution in [0.3, 0.4) is 0 Å². The Bertz CT molecular complexity index is 1380. The van der Waals surface area contributed by atoms with Crippen LogP contribution in [0.5, 0.6) is 23.0 Å². The van der Waals surface area contributed by atoms with Crippen LogP contribution in [-0.2, 0) is 9.53 Å². The molecule has 294 valence electrons. The number of fused-ring (bicyclic) bond motifs is 3. The number of aliphatic hydroxyl groups excluding tert-OH is 1. The Kier molecular flexibility index (Phi) is 21.4. The van der Waals surface area contributed by atoms with E-state index in [-0.39, 0.29) is 23.9 Å². The van der Waals surface area contributed by atoms with Crippen LogP contribution in [0.15, 0.2) is 72.8 Å². The molecule has 1 aliphatic carbocycles. The highest BCUT2D eigenvalue weighted by Gasteiger charge is 2.55. The van der Waals surface area contributed by atoms with Gasteiger partial charge in [-0.05, 0) is 101 Å². The summed E-state index contributed by atoms with van der Waals surface area (Å²) in [6.45, 7) is 11.9. The van der Waals surface area contributed by atoms with E-state index >= 15 is 0 Å². The molecule has 1 heterocycles. The Balaban J connectivity index is 0.000000537. The Morgan fingerprint density at radius 3 is 1.83 bits per heavy atom. The highest BCUT2D eigenvalue weighted by molar-refractivity contribution is 5.57. The fourth-order valence-electron chi connectivity index (χ4n) is 6.92. The van der Waals surface area contributed by atoms with Gasteiger partial charge in [-0.15, -0.1) is 0 Å². The van der Waals surface area contributed by atoms with Crippen molar-refractivity contribution >= 4 is 6.47 Å². The molecule has 0 amide bonds. The molecule has 3 aromatic carbocycles. The summed E-state index contributed by atoms with van der Waals surface area (Å²) >= 11 is 0. The van der Waals surface area contributed by atoms with Gasteiger partial charge < -0.3 is 44.7 Å². The van der Waals surface area contributed by atoms with Gasteiger partial charge >= 0.3 is 0 Å². The summed E-state index contributed by atoms with van der Waals surface area (Å²) in [4.78, 5) is 8.95. The number of carbonyl (C=O) groups excluding carboxylic acids is 1. The lowest BCUT2D eigenvalue weighted by Gasteiger charge is -2.23. The number of para-hydroxylation sites is 1. The van der Waals surface area contributed by atoms with Crippen molar-refractivity contribution in [1.82, 2.24) is 16.0 Å². The molecule has 1 saturated carbocycles. The van der Waals surface area contributed by atoms with Crippen molar-refractivity contribution in [2.45, 2.75) is 82.8 Å². The van der Waals surface area contributed by atoms with E-state index in [2.05, 4.69) is 58.8 Å². The van der Waals surface area contributed by atoms with Gasteiger partial charge in [0.25, 0.3) is 6.47 Å². The van der Waals surface area contributed by atoms with E-state index in [4.69, 9.17) is 23.7 Å². The summed E-state index contributed by atoms with van der Waals surface area (Å²) in [5, 5.41) is 21.8. The fraction of sp³-hybridized carbons (Fsp3) is 0.558. The maximum Gasteiger partial charge on any atom is 0.292 e. The second-order valence-electron chi connectivity index (χ2n) is 13.5. The quantitative estimate of drug-likeness (QED) is 0.0655. The standard InChI is InChI=1S/C34H53N3O4.C7H8O.C2H4O2/c1-4-5-16-35-17-9-10-18-36-20-13-21-37-19-11-12-22-40-27-23-28(39-3)31-29(24-27)41-34-30(25(2)33(38)32(31)34)26-14-7-6-8-15-26;1-8-7-5-3-2-4-6-7;1-4-2-3/h6-8,14-15,23-25,30,32-38H,4-5,9-13,16-22H2,1-3H3;2-6H,1H3;2H,1H3/t25?,30-,32?,33?,34?;;/m0../s1. The van der Waals surface area contributed by atoms with Crippen molar-refractivity contribution in [3.05, 3.63) is 83.9 Å². The minimum absolute atomic E-state index is 0.0960. The summed E-state index contributed by atoms with van der Waals surface area (Å²) in [7, 11) is 4.66. The minimum Gasteiger partial charge on any atom is -0.497 e. The van der Waals surface area contributed by atoms with Crippen molar-refractivity contribution in [2.75, 3.05) is 67.2 Å². The van der Waals surface area contributed by atoms with Crippen molar-refractivity contribution in [3.63, 3.8) is 0 Å². The molecular formula is C43H65N3O7. The van der Waals surface area contributed by atoms with E-state index in [1.807, 2.05) is 48.5 Å². The zero-order chi connectivity index (χ0) is 38.1. The van der Waals surface area contributed by atoms with Crippen molar-refractivity contribution in [2.24, 2.45) is 5.92 Å². The highest BCUT2D eigenvalue weighted by Crippen LogP contribution is 2.58. The maximum absolute atomic E-state index is 11.2. The average molecular weight is 736 g/mol. The predicted molar refractivity (Wildman–Crippen MR) is 213 cm³/mol. The third-order valence-electron chi connectivity index (χ3n) is 9.72. The van der Waals surface area contributed by atoms with Crippen LogP contribution in [0, 0.1) is 5.92 Å². The summed E-state index contributed by atoms with van der Waals surface area (Å²) in [5.41, 5.74) is 2.18. The molecule has 10 nitrogen and oxygen atoms in total. The van der Waals surface area contributed by atoms with E-state index in [0.29, 0.717) is 13.1 Å². The van der Waals surface area contributed by atoms with Gasteiger partial charge in [-0.1, -0.05) is 68.8 Å². The number of rotatable bonds is 22. The molecule has 5 atom stereocenters. The summed E-state index contributed by atoms with van der Waals surface area (Å²) in [6.07, 6.45) is 7.64. The topological polar surface area (TPSA) is 120 Å². The van der Waals surface area contributed by atoms with Gasteiger partial charge in [0.1, 0.15) is 29.1 Å². The van der Waals surface area contributed by atoms with E-state index in [1.165, 1.54) is 38.4 Å². The lowest BCUT2D eigenvalue weighted by molar-refractivity contribution is -0.126. The average Bonchev–Trinajstić information content (AvgIpc) is 3.69. The van der Waals surface area contributed by atoms with Gasteiger partial charge in [0.2, 0.25) is 0 Å². The van der Waals surface area contributed by atoms with E-state index in [0.717, 1.165) is 87.1 Å². The van der Waals surface area contributed by atoms with Crippen LogP contribution >= 0.6 is 0 Å². The second-order valence-corrected chi connectivity index (χ2v) is 13.5. The Morgan fingerprint density at radius 2 is 1.28 bits per heavy atom. The zero-order valence-electron chi connectivity index (χ0n) is 32.7. The van der Waals surface area contributed by atoms with Gasteiger partial charge in [0, 0.05) is 23.6 Å². The number of hydrogen-bond acceptors (Lipinski definition) is 10. The number of methoxy groups -OCH3 is 3. The molecule has 4 unspecified atom stereocenters. The third kappa shape index (κ3) is 14.5. The Labute approximate surface area is 318 Å². The molecule has 0 spiro atoms. The number of aliphatic hydroxyl groups is 1. The lowest BCUT2D eigenvalue weighted by Crippen LogP contribution is -2.24. The predicted octanol–water partition coefficient (Wildman–Crippen LogP) is 6.72.